The van der Waals surface area contributed by atoms with Gasteiger partial charge in [-0.15, -0.1) is 11.7 Å². The van der Waals surface area contributed by atoms with Crippen LogP contribution in [-0.2, 0) is 0 Å². The van der Waals surface area contributed by atoms with Crippen LogP contribution in [0.25, 0.3) is 0 Å². The molecule has 0 spiro atoms. The molecule has 54 heavy (non-hydrogen) atoms. The Labute approximate surface area is 312 Å². The van der Waals surface area contributed by atoms with Gasteiger partial charge < -0.3 is 0 Å². The van der Waals surface area contributed by atoms with Crippen LogP contribution in [-0.4, -0.2) is 52.9 Å². The first-order valence-corrected chi connectivity index (χ1v) is 17.8. The van der Waals surface area contributed by atoms with Gasteiger partial charge in [0, 0.05) is 0 Å². The van der Waals surface area contributed by atoms with Crippen LogP contribution >= 0.6 is 22.5 Å². The smallest absolute Gasteiger partial charge is 0.205 e. The van der Waals surface area contributed by atoms with Gasteiger partial charge in [0.05, 0.1) is 32.5 Å². The van der Waals surface area contributed by atoms with Crippen LogP contribution < -0.4 is 0 Å². The third kappa shape index (κ3) is 6.08. The third-order valence-corrected chi connectivity index (χ3v) is 14.0. The van der Waals surface area contributed by atoms with Crippen molar-refractivity contribution in [1.82, 2.24) is 0 Å². The van der Waals surface area contributed by atoms with Crippen molar-refractivity contribution in [1.29, 1.82) is 0 Å². The number of hydrogen-bond donors (Lipinski definition) is 1. The zero-order valence-electron chi connectivity index (χ0n) is 32.5. The zero-order chi connectivity index (χ0) is 45.2. The van der Waals surface area contributed by atoms with Gasteiger partial charge in [0.1, 0.15) is 10.8 Å². The van der Waals surface area contributed by atoms with E-state index in [1.165, 1.54) is 0 Å². The molecular formula is C33H49F19S2. The first-order valence-electron chi connectivity index (χ1n) is 16.0. The van der Waals surface area contributed by atoms with Crippen LogP contribution in [0.3, 0.4) is 0 Å². The van der Waals surface area contributed by atoms with Crippen LogP contribution in [0.15, 0.2) is 0 Å². The Hall–Kier alpha value is -0.630. The van der Waals surface area contributed by atoms with E-state index in [1.807, 2.05) is 0 Å². The first kappa shape index (κ1) is 53.4. The molecule has 0 N–H and O–H groups in total. The maximum Gasteiger partial charge on any atom is 0.399 e. The molecule has 0 atom stereocenters. The predicted octanol–water partition coefficient (Wildman–Crippen LogP) is 15.4. The molecule has 0 fully saturated rings. The summed E-state index contributed by atoms with van der Waals surface area (Å²) in [7, 11) is -0.805. The molecule has 0 heterocycles. The van der Waals surface area contributed by atoms with Crippen LogP contribution in [0.1, 0.15) is 111 Å². The number of thiol groups is 1. The normalized spacial score (nSPS) is 17.3. The summed E-state index contributed by atoms with van der Waals surface area (Å²) in [5.74, 6) is -40.1. The van der Waals surface area contributed by atoms with Gasteiger partial charge in [0.2, 0.25) is 0 Å². The van der Waals surface area contributed by atoms with Gasteiger partial charge in [-0.05, 0) is 122 Å². The zero-order valence-corrected chi connectivity index (χ0v) is 34.2. The van der Waals surface area contributed by atoms with Gasteiger partial charge in [-0.3, -0.25) is 0 Å². The fourth-order valence-electron chi connectivity index (χ4n) is 7.13. The highest BCUT2D eigenvalue weighted by molar-refractivity contribution is 8.69. The predicted molar refractivity (Wildman–Crippen MR) is 172 cm³/mol. The Morgan fingerprint density at radius 2 is 0.370 bits per heavy atom. The molecule has 0 nitrogen and oxygen atoms in total. The molecule has 0 amide bonds. The summed E-state index contributed by atoms with van der Waals surface area (Å²) in [6.07, 6.45) is -5.95. The van der Waals surface area contributed by atoms with E-state index < -0.39 is 107 Å². The number of halogens is 19. The third-order valence-electron chi connectivity index (χ3n) is 12.5. The van der Waals surface area contributed by atoms with E-state index in [9.17, 15) is 22.0 Å². The lowest BCUT2D eigenvalue weighted by Gasteiger charge is -2.60. The van der Waals surface area contributed by atoms with E-state index in [0.717, 1.165) is 0 Å². The maximum atomic E-state index is 16.6. The van der Waals surface area contributed by atoms with E-state index in [2.05, 4.69) is 11.7 Å². The minimum Gasteiger partial charge on any atom is -0.205 e. The molecule has 0 rings (SSSR count). The van der Waals surface area contributed by atoms with Crippen LogP contribution in [0.2, 0.25) is 0 Å². The standard InChI is InChI=1S/C33H49F19S2/c1-17(2,26(36,37)19(5,6)28(40,41)21(9,10)30(44,45)23(13,14)32(48,49)50)25(34,35)18(3,4)27(38,39)20(7,8)29(42,43)22(11,12)31(46,47)24(15,16)33(51,52)54-53/h53H,1-16H3. The molecular weight excluding hydrogens is 821 g/mol. The minimum atomic E-state index is -5.95. The van der Waals surface area contributed by atoms with Crippen molar-refractivity contribution in [3.05, 3.63) is 0 Å². The van der Waals surface area contributed by atoms with Gasteiger partial charge in [0.25, 0.3) is 41.5 Å². The fraction of sp³-hybridized carbons (Fsp3) is 1.00. The number of alkyl halides is 19. The quantitative estimate of drug-likeness (QED) is 0.0916. The van der Waals surface area contributed by atoms with Crippen molar-refractivity contribution in [3.63, 3.8) is 0 Å². The van der Waals surface area contributed by atoms with E-state index in [-0.39, 0.29) is 111 Å². The summed E-state index contributed by atoms with van der Waals surface area (Å²) < 4.78 is 297. The Balaban J connectivity index is 7.79. The summed E-state index contributed by atoms with van der Waals surface area (Å²) in [5, 5.41) is -4.64. The molecule has 0 aliphatic carbocycles. The highest BCUT2D eigenvalue weighted by Crippen LogP contribution is 2.74. The van der Waals surface area contributed by atoms with Gasteiger partial charge in [0.15, 0.2) is 0 Å². The second-order valence-electron chi connectivity index (χ2n) is 18.1. The Morgan fingerprint density at radius 1 is 0.241 bits per heavy atom. The highest BCUT2D eigenvalue weighted by atomic mass is 33.1. The molecule has 0 saturated carbocycles. The SMILES string of the molecule is CC(C)(C(F)(F)F)C(F)(F)C(C)(C)C(F)(F)C(C)(C)C(F)(F)C(C)(C)C(F)(F)C(C)(C)C(F)(F)C(C)(C)C(F)(F)C(C)(C)C(F)(F)C(C)(C)C(F)(F)SS. The fourth-order valence-corrected chi connectivity index (χ4v) is 8.17. The molecule has 0 unspecified atom stereocenters. The molecule has 0 saturated heterocycles. The second-order valence-corrected chi connectivity index (χ2v) is 19.4. The van der Waals surface area contributed by atoms with Crippen LogP contribution in [0.5, 0.6) is 0 Å². The van der Waals surface area contributed by atoms with Gasteiger partial charge in [-0.1, -0.05) is 0 Å². The summed E-state index contributed by atoms with van der Waals surface area (Å²) >= 11 is 3.16. The molecule has 0 aromatic rings. The molecule has 0 radical (unpaired) electrons. The number of hydrogen-bond acceptors (Lipinski definition) is 2. The van der Waals surface area contributed by atoms with Gasteiger partial charge >= 0.3 is 11.4 Å². The van der Waals surface area contributed by atoms with Crippen molar-refractivity contribution in [2.45, 2.75) is 164 Å². The van der Waals surface area contributed by atoms with Gasteiger partial charge in [-0.2, -0.15) is 22.0 Å². The molecule has 0 aromatic carbocycles. The Bertz CT molecular complexity index is 1370. The van der Waals surface area contributed by atoms with Crippen LogP contribution in [0, 0.1) is 43.3 Å². The van der Waals surface area contributed by atoms with E-state index in [0.29, 0.717) is 0 Å². The molecule has 326 valence electrons. The molecule has 21 heteroatoms. The Kier molecular flexibility index (Phi) is 13.0. The number of rotatable bonds is 16. The minimum absolute atomic E-state index is 0.0979. The molecule has 0 aliphatic heterocycles. The summed E-state index contributed by atoms with van der Waals surface area (Å²) in [5.41, 5.74) is -35.3. The van der Waals surface area contributed by atoms with E-state index in [1.54, 1.807) is 0 Å². The lowest BCUT2D eigenvalue weighted by Crippen LogP contribution is -2.74. The molecule has 0 aromatic heterocycles. The van der Waals surface area contributed by atoms with E-state index >= 15 is 61.5 Å². The molecule has 0 bridgehead atoms. The lowest BCUT2D eigenvalue weighted by atomic mass is 9.52. The largest absolute Gasteiger partial charge is 0.399 e. The highest BCUT2D eigenvalue weighted by Gasteiger charge is 2.87. The van der Waals surface area contributed by atoms with Crippen molar-refractivity contribution in [2.75, 3.05) is 0 Å². The maximum absolute atomic E-state index is 16.6. The molecule has 0 aliphatic rings. The van der Waals surface area contributed by atoms with Gasteiger partial charge in [-0.25, -0.2) is 61.5 Å². The van der Waals surface area contributed by atoms with Crippen molar-refractivity contribution < 1.29 is 83.4 Å². The van der Waals surface area contributed by atoms with Crippen molar-refractivity contribution in [2.24, 2.45) is 43.3 Å². The first-order chi connectivity index (χ1) is 22.6. The summed E-state index contributed by atoms with van der Waals surface area (Å²) in [6, 6.07) is 0. The average molecular weight is 871 g/mol. The van der Waals surface area contributed by atoms with Crippen molar-refractivity contribution in [3.8, 4) is 0 Å². The Morgan fingerprint density at radius 3 is 0.500 bits per heavy atom. The second kappa shape index (κ2) is 13.2. The summed E-state index contributed by atoms with van der Waals surface area (Å²) in [6.45, 7) is -3.12. The van der Waals surface area contributed by atoms with Crippen LogP contribution in [0.4, 0.5) is 83.4 Å². The van der Waals surface area contributed by atoms with Crippen molar-refractivity contribution >= 4 is 22.5 Å². The van der Waals surface area contributed by atoms with E-state index in [4.69, 9.17) is 0 Å². The summed E-state index contributed by atoms with van der Waals surface area (Å²) in [4.78, 5) is 0. The average Bonchev–Trinajstić information content (AvgIpc) is 2.94. The lowest BCUT2D eigenvalue weighted by molar-refractivity contribution is -0.403. The monoisotopic (exact) mass is 870 g/mol. The topological polar surface area (TPSA) is 0 Å².